The van der Waals surface area contributed by atoms with E-state index in [1.165, 1.54) is 17.0 Å². The van der Waals surface area contributed by atoms with Crippen molar-refractivity contribution in [2.24, 2.45) is 0 Å². The molecular formula is C22H24FNO4. The van der Waals surface area contributed by atoms with Gasteiger partial charge in [-0.3, -0.25) is 4.90 Å². The molecule has 2 aromatic rings. The van der Waals surface area contributed by atoms with Crippen LogP contribution in [0.25, 0.3) is 0 Å². The molecule has 1 atom stereocenters. The van der Waals surface area contributed by atoms with E-state index in [-0.39, 0.29) is 25.5 Å². The highest BCUT2D eigenvalue weighted by molar-refractivity contribution is 5.87. The second-order valence-corrected chi connectivity index (χ2v) is 6.85. The van der Waals surface area contributed by atoms with Crippen molar-refractivity contribution >= 4 is 12.1 Å². The molecule has 1 unspecified atom stereocenters. The van der Waals surface area contributed by atoms with Gasteiger partial charge in [-0.05, 0) is 43.0 Å². The molecule has 1 amide bonds. The zero-order valence-corrected chi connectivity index (χ0v) is 15.9. The molecule has 1 aliphatic rings. The van der Waals surface area contributed by atoms with E-state index in [1.807, 2.05) is 30.3 Å². The van der Waals surface area contributed by atoms with Crippen LogP contribution in [0.5, 0.6) is 0 Å². The van der Waals surface area contributed by atoms with Crippen LogP contribution in [0.1, 0.15) is 30.9 Å². The molecule has 2 aromatic carbocycles. The number of benzene rings is 2. The summed E-state index contributed by atoms with van der Waals surface area (Å²) in [7, 11) is 0. The van der Waals surface area contributed by atoms with Crippen LogP contribution in [0.2, 0.25) is 0 Å². The van der Waals surface area contributed by atoms with E-state index in [4.69, 9.17) is 9.47 Å². The number of esters is 1. The first-order chi connectivity index (χ1) is 13.5. The van der Waals surface area contributed by atoms with Crippen molar-refractivity contribution in [2.75, 3.05) is 13.2 Å². The first kappa shape index (κ1) is 19.9. The van der Waals surface area contributed by atoms with Gasteiger partial charge >= 0.3 is 12.1 Å². The van der Waals surface area contributed by atoms with Gasteiger partial charge in [0.2, 0.25) is 0 Å². The number of carbonyl (C=O) groups is 2. The summed E-state index contributed by atoms with van der Waals surface area (Å²) in [5.41, 5.74) is 0.495. The number of likely N-dealkylation sites (tertiary alicyclic amines) is 1. The predicted octanol–water partition coefficient (Wildman–Crippen LogP) is 4.10. The lowest BCUT2D eigenvalue weighted by Gasteiger charge is -2.35. The molecule has 0 aliphatic carbocycles. The Morgan fingerprint density at radius 3 is 2.43 bits per heavy atom. The fraction of sp³-hybridized carbons (Fsp3) is 0.364. The third-order valence-electron chi connectivity index (χ3n) is 4.98. The number of ether oxygens (including phenoxy) is 2. The Bertz CT molecular complexity index is 809. The van der Waals surface area contributed by atoms with Crippen molar-refractivity contribution in [3.05, 3.63) is 71.5 Å². The van der Waals surface area contributed by atoms with Gasteiger partial charge in [-0.15, -0.1) is 0 Å². The summed E-state index contributed by atoms with van der Waals surface area (Å²) < 4.78 is 24.0. The van der Waals surface area contributed by atoms with Gasteiger partial charge in [0.25, 0.3) is 0 Å². The zero-order chi connectivity index (χ0) is 20.0. The van der Waals surface area contributed by atoms with Gasteiger partial charge in [0.1, 0.15) is 18.0 Å². The summed E-state index contributed by atoms with van der Waals surface area (Å²) in [5.74, 6) is -0.798. The van der Waals surface area contributed by atoms with Gasteiger partial charge in [-0.2, -0.15) is 0 Å². The summed E-state index contributed by atoms with van der Waals surface area (Å²) in [5, 5.41) is 0. The maximum Gasteiger partial charge on any atom is 0.411 e. The number of carbonyl (C=O) groups excluding carboxylic acids is 2. The smallest absolute Gasteiger partial charge is 0.411 e. The number of amides is 1. The summed E-state index contributed by atoms with van der Waals surface area (Å²) in [6.45, 7) is 2.49. The molecule has 3 rings (SSSR count). The third kappa shape index (κ3) is 4.32. The summed E-state index contributed by atoms with van der Waals surface area (Å²) in [6, 6.07) is 15.3. The van der Waals surface area contributed by atoms with Crippen molar-refractivity contribution < 1.29 is 23.5 Å². The SMILES string of the molecule is CCOC(=O)C1(Cc2ccc(F)cc2)CCCN1C(=O)OCc1ccccc1. The minimum Gasteiger partial charge on any atom is -0.464 e. The molecule has 0 bridgehead atoms. The van der Waals surface area contributed by atoms with Crippen LogP contribution >= 0.6 is 0 Å². The van der Waals surface area contributed by atoms with Crippen LogP contribution in [0.15, 0.2) is 54.6 Å². The highest BCUT2D eigenvalue weighted by Gasteiger charge is 2.51. The van der Waals surface area contributed by atoms with Gasteiger partial charge < -0.3 is 9.47 Å². The number of rotatable bonds is 6. The number of hydrogen-bond donors (Lipinski definition) is 0. The Hall–Kier alpha value is -2.89. The summed E-state index contributed by atoms with van der Waals surface area (Å²) in [6.07, 6.45) is 0.855. The molecule has 0 saturated carbocycles. The van der Waals surface area contributed by atoms with Crippen molar-refractivity contribution in [3.63, 3.8) is 0 Å². The normalized spacial score (nSPS) is 18.7. The van der Waals surface area contributed by atoms with E-state index < -0.39 is 17.6 Å². The number of halogens is 1. The minimum absolute atomic E-state index is 0.131. The van der Waals surface area contributed by atoms with Gasteiger partial charge in [0, 0.05) is 13.0 Å². The molecule has 1 heterocycles. The van der Waals surface area contributed by atoms with Gasteiger partial charge in [-0.25, -0.2) is 14.0 Å². The van der Waals surface area contributed by atoms with Crippen LogP contribution in [0.4, 0.5) is 9.18 Å². The molecule has 0 N–H and O–H groups in total. The average molecular weight is 385 g/mol. The lowest BCUT2D eigenvalue weighted by atomic mass is 9.88. The van der Waals surface area contributed by atoms with Gasteiger partial charge in [0.05, 0.1) is 6.61 Å². The van der Waals surface area contributed by atoms with Gasteiger partial charge in [0.15, 0.2) is 0 Å². The van der Waals surface area contributed by atoms with Crippen LogP contribution in [-0.4, -0.2) is 35.7 Å². The minimum atomic E-state index is -1.14. The second-order valence-electron chi connectivity index (χ2n) is 6.85. The lowest BCUT2D eigenvalue weighted by Crippen LogP contribution is -2.55. The lowest BCUT2D eigenvalue weighted by molar-refractivity contribution is -0.155. The van der Waals surface area contributed by atoms with Crippen molar-refractivity contribution in [1.29, 1.82) is 0 Å². The fourth-order valence-corrected chi connectivity index (χ4v) is 3.62. The Morgan fingerprint density at radius 1 is 1.04 bits per heavy atom. The quantitative estimate of drug-likeness (QED) is 0.703. The Morgan fingerprint density at radius 2 is 1.75 bits per heavy atom. The van der Waals surface area contributed by atoms with Crippen LogP contribution in [0.3, 0.4) is 0 Å². The average Bonchev–Trinajstić information content (AvgIpc) is 3.14. The van der Waals surface area contributed by atoms with Crippen LogP contribution in [0, 0.1) is 5.82 Å². The monoisotopic (exact) mass is 385 g/mol. The van der Waals surface area contributed by atoms with E-state index in [2.05, 4.69) is 0 Å². The molecule has 148 valence electrons. The van der Waals surface area contributed by atoms with Gasteiger partial charge in [-0.1, -0.05) is 42.5 Å². The third-order valence-corrected chi connectivity index (χ3v) is 4.98. The molecule has 1 aliphatic heterocycles. The topological polar surface area (TPSA) is 55.8 Å². The molecule has 0 aromatic heterocycles. The first-order valence-corrected chi connectivity index (χ1v) is 9.45. The maximum absolute atomic E-state index is 13.3. The van der Waals surface area contributed by atoms with Crippen LogP contribution < -0.4 is 0 Å². The van der Waals surface area contributed by atoms with Crippen molar-refractivity contribution in [1.82, 2.24) is 4.90 Å². The molecule has 28 heavy (non-hydrogen) atoms. The van der Waals surface area contributed by atoms with Crippen molar-refractivity contribution in [2.45, 2.75) is 38.3 Å². The molecule has 0 spiro atoms. The number of nitrogens with zero attached hydrogens (tertiary/aromatic N) is 1. The van der Waals surface area contributed by atoms with Crippen LogP contribution in [-0.2, 0) is 27.3 Å². The first-order valence-electron chi connectivity index (χ1n) is 9.45. The summed E-state index contributed by atoms with van der Waals surface area (Å²) in [4.78, 5) is 27.2. The molecule has 6 heteroatoms. The molecule has 1 fully saturated rings. The molecule has 1 saturated heterocycles. The van der Waals surface area contributed by atoms with E-state index in [0.29, 0.717) is 19.4 Å². The highest BCUT2D eigenvalue weighted by atomic mass is 19.1. The summed E-state index contributed by atoms with van der Waals surface area (Å²) >= 11 is 0. The Labute approximate surface area is 164 Å². The maximum atomic E-state index is 13.3. The second kappa shape index (κ2) is 8.87. The van der Waals surface area contributed by atoms with E-state index in [0.717, 1.165) is 11.1 Å². The Kier molecular flexibility index (Phi) is 6.29. The van der Waals surface area contributed by atoms with E-state index >= 15 is 0 Å². The zero-order valence-electron chi connectivity index (χ0n) is 15.9. The largest absolute Gasteiger partial charge is 0.464 e. The van der Waals surface area contributed by atoms with E-state index in [1.54, 1.807) is 19.1 Å². The number of hydrogen-bond acceptors (Lipinski definition) is 4. The molecular weight excluding hydrogens is 361 g/mol. The fourth-order valence-electron chi connectivity index (χ4n) is 3.62. The van der Waals surface area contributed by atoms with Crippen molar-refractivity contribution in [3.8, 4) is 0 Å². The molecule has 5 nitrogen and oxygen atoms in total. The standard InChI is InChI=1S/C22H24FNO4/c1-2-27-20(25)22(15-17-9-11-19(23)12-10-17)13-6-14-24(22)21(26)28-16-18-7-4-3-5-8-18/h3-5,7-12H,2,6,13-16H2,1H3. The highest BCUT2D eigenvalue weighted by Crippen LogP contribution is 2.35. The van der Waals surface area contributed by atoms with E-state index in [9.17, 15) is 14.0 Å². The predicted molar refractivity (Wildman–Crippen MR) is 102 cm³/mol. The Balaban J connectivity index is 1.81. The molecule has 0 radical (unpaired) electrons.